The summed E-state index contributed by atoms with van der Waals surface area (Å²) in [6, 6.07) is 17.6. The molecule has 7 nitrogen and oxygen atoms in total. The maximum Gasteiger partial charge on any atom is 0.291 e. The Labute approximate surface area is 210 Å². The van der Waals surface area contributed by atoms with Crippen LogP contribution in [0.15, 0.2) is 71.4 Å². The number of piperazine rings is 1. The monoisotopic (exact) mass is 487 g/mol. The molecule has 0 unspecified atom stereocenters. The van der Waals surface area contributed by atoms with Crippen molar-refractivity contribution in [3.63, 3.8) is 0 Å². The number of benzene rings is 2. The summed E-state index contributed by atoms with van der Waals surface area (Å²) in [5, 5.41) is 2.92. The van der Waals surface area contributed by atoms with E-state index in [0.29, 0.717) is 17.1 Å². The number of amides is 1. The Morgan fingerprint density at radius 1 is 0.972 bits per heavy atom. The minimum Gasteiger partial charge on any atom is -0.449 e. The van der Waals surface area contributed by atoms with Gasteiger partial charge in [0.2, 0.25) is 0 Å². The average Bonchev–Trinajstić information content (AvgIpc) is 3.53. The summed E-state index contributed by atoms with van der Waals surface area (Å²) in [5.41, 5.74) is 4.04. The lowest BCUT2D eigenvalue weighted by Crippen LogP contribution is -2.44. The molecule has 186 valence electrons. The molecule has 36 heavy (non-hydrogen) atoms. The SMILES string of the molecule is CC(C)n1cnc(-c2ccc(F)cc2)c1-c1ccc(C(=O)Nc2ccc(N3CCN(C)CC3)cc2)o1. The Balaban J connectivity index is 1.34. The molecule has 8 heteroatoms. The number of imidazole rings is 1. The van der Waals surface area contributed by atoms with Gasteiger partial charge in [0.1, 0.15) is 11.5 Å². The van der Waals surface area contributed by atoms with Crippen LogP contribution >= 0.6 is 0 Å². The van der Waals surface area contributed by atoms with Gasteiger partial charge in [0.05, 0.1) is 12.0 Å². The molecule has 1 aliphatic rings. The standard InChI is InChI=1S/C28H30FN5O2/c1-19(2)34-18-30-26(20-4-6-21(29)7-5-20)27(34)24-12-13-25(36-24)28(35)31-22-8-10-23(11-9-22)33-16-14-32(3)15-17-33/h4-13,18-19H,14-17H2,1-3H3,(H,31,35). The molecule has 4 aromatic rings. The summed E-state index contributed by atoms with van der Waals surface area (Å²) in [7, 11) is 2.14. The van der Waals surface area contributed by atoms with Crippen LogP contribution in [-0.4, -0.2) is 53.6 Å². The summed E-state index contributed by atoms with van der Waals surface area (Å²) in [6.07, 6.45) is 1.74. The first-order chi connectivity index (χ1) is 17.4. The van der Waals surface area contributed by atoms with Gasteiger partial charge >= 0.3 is 0 Å². The molecule has 1 N–H and O–H groups in total. The molecule has 3 heterocycles. The van der Waals surface area contributed by atoms with Gasteiger partial charge in [-0.25, -0.2) is 9.37 Å². The number of carbonyl (C=O) groups excluding carboxylic acids is 1. The fourth-order valence-corrected chi connectivity index (χ4v) is 4.42. The van der Waals surface area contributed by atoms with Crippen LogP contribution in [0.3, 0.4) is 0 Å². The summed E-state index contributed by atoms with van der Waals surface area (Å²) < 4.78 is 21.5. The zero-order chi connectivity index (χ0) is 25.2. The molecule has 2 aromatic carbocycles. The second-order valence-corrected chi connectivity index (χ2v) is 9.40. The van der Waals surface area contributed by atoms with Crippen LogP contribution in [0.1, 0.15) is 30.4 Å². The van der Waals surface area contributed by atoms with Gasteiger partial charge in [0.15, 0.2) is 11.5 Å². The van der Waals surface area contributed by atoms with Crippen molar-refractivity contribution >= 4 is 17.3 Å². The van der Waals surface area contributed by atoms with Crippen molar-refractivity contribution in [2.45, 2.75) is 19.9 Å². The van der Waals surface area contributed by atoms with Crippen molar-refractivity contribution < 1.29 is 13.6 Å². The lowest BCUT2D eigenvalue weighted by Gasteiger charge is -2.34. The van der Waals surface area contributed by atoms with Gasteiger partial charge in [-0.3, -0.25) is 4.79 Å². The van der Waals surface area contributed by atoms with E-state index in [0.717, 1.165) is 43.1 Å². The fraction of sp³-hybridized carbons (Fsp3) is 0.286. The third kappa shape index (κ3) is 4.90. The predicted octanol–water partition coefficient (Wildman–Crippen LogP) is 5.53. The molecule has 0 aliphatic carbocycles. The van der Waals surface area contributed by atoms with E-state index < -0.39 is 0 Å². The van der Waals surface area contributed by atoms with Crippen molar-refractivity contribution in [1.29, 1.82) is 0 Å². The highest BCUT2D eigenvalue weighted by atomic mass is 19.1. The second kappa shape index (κ2) is 9.99. The number of hydrogen-bond donors (Lipinski definition) is 1. The van der Waals surface area contributed by atoms with Gasteiger partial charge in [0.25, 0.3) is 5.91 Å². The van der Waals surface area contributed by atoms with Gasteiger partial charge in [-0.05, 0) is 81.6 Å². The molecule has 1 amide bonds. The third-order valence-corrected chi connectivity index (χ3v) is 6.52. The Morgan fingerprint density at radius 3 is 2.33 bits per heavy atom. The van der Waals surface area contributed by atoms with Crippen molar-refractivity contribution in [3.8, 4) is 22.7 Å². The summed E-state index contributed by atoms with van der Waals surface area (Å²) in [4.78, 5) is 22.2. The van der Waals surface area contributed by atoms with E-state index in [2.05, 4.69) is 27.1 Å². The van der Waals surface area contributed by atoms with Gasteiger partial charge in [-0.15, -0.1) is 0 Å². The van der Waals surface area contributed by atoms with E-state index in [-0.39, 0.29) is 23.5 Å². The molecule has 1 aliphatic heterocycles. The maximum absolute atomic E-state index is 13.5. The summed E-state index contributed by atoms with van der Waals surface area (Å²) in [5.74, 6) is 0.0930. The molecule has 1 fully saturated rings. The highest BCUT2D eigenvalue weighted by Gasteiger charge is 2.22. The Bertz CT molecular complexity index is 1330. The van der Waals surface area contributed by atoms with Crippen LogP contribution in [0.25, 0.3) is 22.7 Å². The van der Waals surface area contributed by atoms with Crippen molar-refractivity contribution in [2.24, 2.45) is 0 Å². The largest absolute Gasteiger partial charge is 0.449 e. The molecule has 0 saturated carbocycles. The van der Waals surface area contributed by atoms with E-state index in [1.807, 2.05) is 42.7 Å². The summed E-state index contributed by atoms with van der Waals surface area (Å²) in [6.45, 7) is 8.15. The van der Waals surface area contributed by atoms with Crippen molar-refractivity contribution in [2.75, 3.05) is 43.4 Å². The van der Waals surface area contributed by atoms with Crippen molar-refractivity contribution in [3.05, 3.63) is 78.6 Å². The first-order valence-electron chi connectivity index (χ1n) is 12.2. The molecule has 1 saturated heterocycles. The smallest absolute Gasteiger partial charge is 0.291 e. The number of halogens is 1. The number of rotatable bonds is 6. The first kappa shape index (κ1) is 23.8. The van der Waals surface area contributed by atoms with Crippen LogP contribution < -0.4 is 10.2 Å². The average molecular weight is 488 g/mol. The second-order valence-electron chi connectivity index (χ2n) is 9.40. The lowest BCUT2D eigenvalue weighted by atomic mass is 10.1. The van der Waals surface area contributed by atoms with Gasteiger partial charge < -0.3 is 24.1 Å². The Hall–Kier alpha value is -3.91. The van der Waals surface area contributed by atoms with Crippen LogP contribution in [-0.2, 0) is 0 Å². The Kier molecular flexibility index (Phi) is 6.61. The number of nitrogens with zero attached hydrogens (tertiary/aromatic N) is 4. The third-order valence-electron chi connectivity index (χ3n) is 6.52. The number of aromatic nitrogens is 2. The lowest BCUT2D eigenvalue weighted by molar-refractivity contribution is 0.0997. The maximum atomic E-state index is 13.5. The van der Waals surface area contributed by atoms with Gasteiger partial charge in [0, 0.05) is 49.2 Å². The zero-order valence-electron chi connectivity index (χ0n) is 20.7. The summed E-state index contributed by atoms with van der Waals surface area (Å²) >= 11 is 0. The molecular weight excluding hydrogens is 457 g/mol. The fourth-order valence-electron chi connectivity index (χ4n) is 4.42. The van der Waals surface area contributed by atoms with E-state index in [1.165, 1.54) is 12.1 Å². The van der Waals surface area contributed by atoms with E-state index in [9.17, 15) is 9.18 Å². The van der Waals surface area contributed by atoms with Gasteiger partial charge in [-0.1, -0.05) is 0 Å². The first-order valence-corrected chi connectivity index (χ1v) is 12.2. The quantitative estimate of drug-likeness (QED) is 0.387. The number of furan rings is 1. The highest BCUT2D eigenvalue weighted by Crippen LogP contribution is 2.34. The predicted molar refractivity (Wildman–Crippen MR) is 140 cm³/mol. The molecule has 5 rings (SSSR count). The Morgan fingerprint density at radius 2 is 1.67 bits per heavy atom. The van der Waals surface area contributed by atoms with Crippen LogP contribution in [0.4, 0.5) is 15.8 Å². The number of nitrogens with one attached hydrogen (secondary N) is 1. The number of carbonyl (C=O) groups is 1. The van der Waals surface area contributed by atoms with Gasteiger partial charge in [-0.2, -0.15) is 0 Å². The molecule has 0 bridgehead atoms. The van der Waals surface area contributed by atoms with E-state index in [1.54, 1.807) is 30.6 Å². The van der Waals surface area contributed by atoms with Crippen LogP contribution in [0.5, 0.6) is 0 Å². The molecule has 0 spiro atoms. The van der Waals surface area contributed by atoms with E-state index in [4.69, 9.17) is 4.42 Å². The normalized spacial score (nSPS) is 14.4. The molecule has 0 atom stereocenters. The molecular formula is C28H30FN5O2. The van der Waals surface area contributed by atoms with Crippen LogP contribution in [0.2, 0.25) is 0 Å². The molecule has 0 radical (unpaired) electrons. The topological polar surface area (TPSA) is 66.5 Å². The van der Waals surface area contributed by atoms with Crippen LogP contribution in [0, 0.1) is 5.82 Å². The molecule has 2 aromatic heterocycles. The zero-order valence-corrected chi connectivity index (χ0v) is 20.7. The van der Waals surface area contributed by atoms with E-state index >= 15 is 0 Å². The number of anilines is 2. The minimum atomic E-state index is -0.326. The van der Waals surface area contributed by atoms with Crippen molar-refractivity contribution in [1.82, 2.24) is 14.5 Å². The number of hydrogen-bond acceptors (Lipinski definition) is 5. The number of likely N-dealkylation sites (N-methyl/N-ethyl adjacent to an activating group) is 1. The minimum absolute atomic E-state index is 0.114. The highest BCUT2D eigenvalue weighted by molar-refractivity contribution is 6.02.